The zero-order chi connectivity index (χ0) is 21.4. The Morgan fingerprint density at radius 1 is 0.968 bits per heavy atom. The van der Waals surface area contributed by atoms with Gasteiger partial charge in [0.05, 0.1) is 0 Å². The molecule has 6 heteroatoms. The first kappa shape index (κ1) is 19.6. The molecule has 156 valence electrons. The molecule has 0 bridgehead atoms. The second-order valence-corrected chi connectivity index (χ2v) is 8.08. The fraction of sp³-hybridized carbons (Fsp3) is 0.200. The van der Waals surface area contributed by atoms with Crippen LogP contribution in [0.4, 0.5) is 4.79 Å². The first-order chi connectivity index (χ1) is 15.1. The van der Waals surface area contributed by atoms with Gasteiger partial charge in [0.15, 0.2) is 6.73 Å². The van der Waals surface area contributed by atoms with Crippen LogP contribution < -0.4 is 0 Å². The van der Waals surface area contributed by atoms with E-state index in [9.17, 15) is 9.59 Å². The van der Waals surface area contributed by atoms with Crippen molar-refractivity contribution in [2.45, 2.75) is 18.4 Å². The van der Waals surface area contributed by atoms with E-state index in [0.717, 1.165) is 27.8 Å². The van der Waals surface area contributed by atoms with Crippen LogP contribution in [0, 0.1) is 0 Å². The van der Waals surface area contributed by atoms with Crippen LogP contribution in [-0.4, -0.2) is 36.3 Å². The third-order valence-electron chi connectivity index (χ3n) is 5.94. The van der Waals surface area contributed by atoms with Crippen molar-refractivity contribution in [1.82, 2.24) is 4.90 Å². The summed E-state index contributed by atoms with van der Waals surface area (Å²) < 4.78 is 10.8. The number of ether oxygens (including phenoxy) is 2. The van der Waals surface area contributed by atoms with Gasteiger partial charge in [0.2, 0.25) is 0 Å². The van der Waals surface area contributed by atoms with Crippen LogP contribution >= 0.6 is 11.6 Å². The molecule has 31 heavy (non-hydrogen) atoms. The smallest absolute Gasteiger partial charge is 0.413 e. The topological polar surface area (TPSA) is 55.8 Å². The van der Waals surface area contributed by atoms with E-state index < -0.39 is 18.1 Å². The predicted octanol–water partition coefficient (Wildman–Crippen LogP) is 5.02. The van der Waals surface area contributed by atoms with E-state index in [1.165, 1.54) is 4.90 Å². The highest BCUT2D eigenvalue weighted by molar-refractivity contribution is 6.31. The van der Waals surface area contributed by atoms with Crippen LogP contribution in [-0.2, 0) is 20.7 Å². The quantitative estimate of drug-likeness (QED) is 0.542. The van der Waals surface area contributed by atoms with Crippen molar-refractivity contribution in [3.8, 4) is 11.1 Å². The van der Waals surface area contributed by atoms with Gasteiger partial charge in [-0.2, -0.15) is 0 Å². The Hall–Kier alpha value is -3.31. The summed E-state index contributed by atoms with van der Waals surface area (Å²) in [6.07, 6.45) is -0.285. The number of amides is 1. The highest BCUT2D eigenvalue weighted by Gasteiger charge is 2.40. The molecule has 1 fully saturated rings. The Labute approximate surface area is 185 Å². The summed E-state index contributed by atoms with van der Waals surface area (Å²) in [6.45, 7) is 0.0704. The molecular weight excluding hydrogens is 414 g/mol. The maximum absolute atomic E-state index is 12.9. The van der Waals surface area contributed by atoms with Gasteiger partial charge >= 0.3 is 12.1 Å². The molecule has 3 aromatic carbocycles. The van der Waals surface area contributed by atoms with E-state index in [1.807, 2.05) is 42.5 Å². The molecule has 5 nitrogen and oxygen atoms in total. The second-order valence-electron chi connectivity index (χ2n) is 7.68. The average molecular weight is 434 g/mol. The van der Waals surface area contributed by atoms with Gasteiger partial charge in [-0.05, 0) is 33.9 Å². The molecular formula is C25H20ClNO4. The third-order valence-corrected chi connectivity index (χ3v) is 6.30. The lowest BCUT2D eigenvalue weighted by molar-refractivity contribution is -0.139. The van der Waals surface area contributed by atoms with Crippen molar-refractivity contribution in [3.05, 3.63) is 94.5 Å². The summed E-state index contributed by atoms with van der Waals surface area (Å²) in [6, 6.07) is 22.8. The monoisotopic (exact) mass is 433 g/mol. The molecule has 0 unspecified atom stereocenters. The molecule has 0 radical (unpaired) electrons. The largest absolute Gasteiger partial charge is 0.448 e. The Bertz CT molecular complexity index is 1120. The maximum atomic E-state index is 12.9. The number of cyclic esters (lactones) is 1. The number of nitrogens with zero attached hydrogens (tertiary/aromatic N) is 1. The van der Waals surface area contributed by atoms with Gasteiger partial charge in [-0.3, -0.25) is 4.90 Å². The molecule has 5 rings (SSSR count). The normalized spacial score (nSPS) is 17.3. The number of halogens is 1. The molecule has 1 atom stereocenters. The van der Waals surface area contributed by atoms with Gasteiger partial charge < -0.3 is 9.47 Å². The summed E-state index contributed by atoms with van der Waals surface area (Å²) in [5, 5.41) is 0.551. The number of hydrogen-bond donors (Lipinski definition) is 0. The molecule has 3 aromatic rings. The number of hydrogen-bond acceptors (Lipinski definition) is 4. The number of rotatable bonds is 4. The molecule has 1 aliphatic carbocycles. The number of carbonyl (C=O) groups excluding carboxylic acids is 2. The summed E-state index contributed by atoms with van der Waals surface area (Å²) in [4.78, 5) is 26.5. The van der Waals surface area contributed by atoms with E-state index in [-0.39, 0.29) is 25.7 Å². The summed E-state index contributed by atoms with van der Waals surface area (Å²) in [5.74, 6) is -0.494. The lowest BCUT2D eigenvalue weighted by atomic mass is 9.98. The lowest BCUT2D eigenvalue weighted by Crippen LogP contribution is -2.40. The van der Waals surface area contributed by atoms with Gasteiger partial charge in [-0.25, -0.2) is 9.59 Å². The van der Waals surface area contributed by atoms with E-state index >= 15 is 0 Å². The minimum absolute atomic E-state index is 0.0439. The predicted molar refractivity (Wildman–Crippen MR) is 117 cm³/mol. The van der Waals surface area contributed by atoms with Crippen LogP contribution in [0.2, 0.25) is 5.02 Å². The van der Waals surface area contributed by atoms with Crippen molar-refractivity contribution in [2.75, 3.05) is 13.3 Å². The number of fused-ring (bicyclic) bond motifs is 3. The SMILES string of the molecule is O=C1OCN(C(=O)OCC2c3ccccc3-c3ccccc32)[C@H]1Cc1ccccc1Cl. The molecule has 1 heterocycles. The van der Waals surface area contributed by atoms with Crippen LogP contribution in [0.25, 0.3) is 11.1 Å². The summed E-state index contributed by atoms with van der Waals surface area (Å²) in [7, 11) is 0. The molecule has 1 amide bonds. The number of benzene rings is 3. The van der Waals surface area contributed by atoms with E-state index in [1.54, 1.807) is 6.07 Å². The minimum atomic E-state index is -0.754. The van der Waals surface area contributed by atoms with Crippen molar-refractivity contribution in [1.29, 1.82) is 0 Å². The Kier molecular flexibility index (Phi) is 5.12. The molecule has 0 N–H and O–H groups in total. The highest BCUT2D eigenvalue weighted by Crippen LogP contribution is 2.44. The summed E-state index contributed by atoms with van der Waals surface area (Å²) in [5.41, 5.74) is 5.38. The van der Waals surface area contributed by atoms with Crippen LogP contribution in [0.1, 0.15) is 22.6 Å². The van der Waals surface area contributed by atoms with Crippen LogP contribution in [0.3, 0.4) is 0 Å². The van der Waals surface area contributed by atoms with E-state index in [4.69, 9.17) is 21.1 Å². The molecule has 1 saturated heterocycles. The fourth-order valence-corrected chi connectivity index (χ4v) is 4.58. The summed E-state index contributed by atoms with van der Waals surface area (Å²) >= 11 is 6.23. The third kappa shape index (κ3) is 3.55. The van der Waals surface area contributed by atoms with Gasteiger partial charge in [0, 0.05) is 17.4 Å². The minimum Gasteiger partial charge on any atom is -0.448 e. The standard InChI is InChI=1S/C25H20ClNO4/c26-22-12-6-1-7-16(22)13-23-24(28)31-15-27(23)25(29)30-14-21-19-10-4-2-8-17(19)18-9-3-5-11-20(18)21/h1-12,21,23H,13-15H2/t23-/m0/s1. The van der Waals surface area contributed by atoms with Crippen molar-refractivity contribution in [2.24, 2.45) is 0 Å². The zero-order valence-electron chi connectivity index (χ0n) is 16.7. The Balaban J connectivity index is 1.32. The van der Waals surface area contributed by atoms with E-state index in [0.29, 0.717) is 5.02 Å². The van der Waals surface area contributed by atoms with Crippen molar-refractivity contribution in [3.63, 3.8) is 0 Å². The average Bonchev–Trinajstić information content (AvgIpc) is 3.32. The first-order valence-electron chi connectivity index (χ1n) is 10.1. The maximum Gasteiger partial charge on any atom is 0.413 e. The fourth-order valence-electron chi connectivity index (χ4n) is 4.37. The van der Waals surface area contributed by atoms with Crippen molar-refractivity contribution < 1.29 is 19.1 Å². The Morgan fingerprint density at radius 3 is 2.26 bits per heavy atom. The molecule has 2 aliphatic rings. The molecule has 0 aromatic heterocycles. The second kappa shape index (κ2) is 8.08. The zero-order valence-corrected chi connectivity index (χ0v) is 17.4. The van der Waals surface area contributed by atoms with Gasteiger partial charge in [-0.1, -0.05) is 78.3 Å². The van der Waals surface area contributed by atoms with Gasteiger partial charge in [-0.15, -0.1) is 0 Å². The van der Waals surface area contributed by atoms with Crippen molar-refractivity contribution >= 4 is 23.7 Å². The highest BCUT2D eigenvalue weighted by atomic mass is 35.5. The van der Waals surface area contributed by atoms with Crippen LogP contribution in [0.5, 0.6) is 0 Å². The lowest BCUT2D eigenvalue weighted by Gasteiger charge is -2.22. The number of carbonyl (C=O) groups is 2. The van der Waals surface area contributed by atoms with Gasteiger partial charge in [0.25, 0.3) is 0 Å². The number of esters is 1. The van der Waals surface area contributed by atoms with Crippen LogP contribution in [0.15, 0.2) is 72.8 Å². The Morgan fingerprint density at radius 2 is 1.58 bits per heavy atom. The molecule has 0 saturated carbocycles. The molecule has 1 aliphatic heterocycles. The molecule has 0 spiro atoms. The van der Waals surface area contributed by atoms with Gasteiger partial charge in [0.1, 0.15) is 12.6 Å². The first-order valence-corrected chi connectivity index (χ1v) is 10.5. The van der Waals surface area contributed by atoms with E-state index in [2.05, 4.69) is 24.3 Å².